The zero-order valence-corrected chi connectivity index (χ0v) is 12.0. The van der Waals surface area contributed by atoms with Crippen LogP contribution in [0.4, 0.5) is 0 Å². The summed E-state index contributed by atoms with van der Waals surface area (Å²) in [5, 5.41) is 13.0. The van der Waals surface area contributed by atoms with Crippen molar-refractivity contribution >= 4 is 0 Å². The maximum atomic E-state index is 9.52. The Balaban J connectivity index is 1.80. The van der Waals surface area contributed by atoms with Gasteiger partial charge in [0, 0.05) is 18.0 Å². The zero-order valence-electron chi connectivity index (χ0n) is 12.0. The molecule has 1 aromatic carbocycles. The van der Waals surface area contributed by atoms with E-state index in [0.29, 0.717) is 12.6 Å². The monoisotopic (exact) mass is 263 g/mol. The molecule has 0 spiro atoms. The molecule has 0 radical (unpaired) electrons. The third-order valence-corrected chi connectivity index (χ3v) is 3.71. The van der Waals surface area contributed by atoms with Crippen LogP contribution in [0.1, 0.15) is 38.7 Å². The molecule has 1 saturated carbocycles. The van der Waals surface area contributed by atoms with Gasteiger partial charge in [0.1, 0.15) is 5.75 Å². The summed E-state index contributed by atoms with van der Waals surface area (Å²) in [5.41, 5.74) is 1.07. The first-order valence-electron chi connectivity index (χ1n) is 7.25. The lowest BCUT2D eigenvalue weighted by Gasteiger charge is -2.29. The summed E-state index contributed by atoms with van der Waals surface area (Å²) >= 11 is 0. The Morgan fingerprint density at radius 3 is 2.84 bits per heavy atom. The van der Waals surface area contributed by atoms with Gasteiger partial charge >= 0.3 is 0 Å². The predicted molar refractivity (Wildman–Crippen MR) is 77.6 cm³/mol. The number of aliphatic hydroxyl groups is 1. The van der Waals surface area contributed by atoms with Crippen molar-refractivity contribution in [3.63, 3.8) is 0 Å². The first kappa shape index (κ1) is 14.4. The summed E-state index contributed by atoms with van der Waals surface area (Å²) in [6, 6.07) is 8.82. The summed E-state index contributed by atoms with van der Waals surface area (Å²) in [4.78, 5) is 0. The highest BCUT2D eigenvalue weighted by atomic mass is 16.5. The van der Waals surface area contributed by atoms with Crippen molar-refractivity contribution in [2.75, 3.05) is 13.2 Å². The van der Waals surface area contributed by atoms with Gasteiger partial charge in [-0.1, -0.05) is 19.1 Å². The molecule has 2 rings (SSSR count). The Bertz CT molecular complexity index is 403. The van der Waals surface area contributed by atoms with E-state index in [1.807, 2.05) is 12.1 Å². The standard InChI is InChI=1S/C16H25NO2/c1-3-13-5-4-6-15(11-13)19-10-9-16(2,12-18)17-14-7-8-14/h4-6,11,14,17-18H,3,7-10,12H2,1-2H3. The molecule has 0 saturated heterocycles. The lowest BCUT2D eigenvalue weighted by atomic mass is 9.99. The lowest BCUT2D eigenvalue weighted by molar-refractivity contribution is 0.142. The van der Waals surface area contributed by atoms with Gasteiger partial charge in [-0.2, -0.15) is 0 Å². The molecular weight excluding hydrogens is 238 g/mol. The van der Waals surface area contributed by atoms with Gasteiger partial charge in [0.05, 0.1) is 13.2 Å². The molecule has 0 heterocycles. The molecule has 106 valence electrons. The molecule has 1 aromatic rings. The summed E-state index contributed by atoms with van der Waals surface area (Å²) in [7, 11) is 0. The second kappa shape index (κ2) is 6.40. The van der Waals surface area contributed by atoms with Gasteiger partial charge in [-0.3, -0.25) is 0 Å². The molecule has 0 amide bonds. The van der Waals surface area contributed by atoms with Crippen LogP contribution in [0.3, 0.4) is 0 Å². The fourth-order valence-corrected chi connectivity index (χ4v) is 2.17. The van der Waals surface area contributed by atoms with Crippen molar-refractivity contribution in [3.05, 3.63) is 29.8 Å². The van der Waals surface area contributed by atoms with Crippen LogP contribution in [0.2, 0.25) is 0 Å². The average Bonchev–Trinajstić information content (AvgIpc) is 3.23. The minimum Gasteiger partial charge on any atom is -0.494 e. The molecular formula is C16H25NO2. The van der Waals surface area contributed by atoms with Gasteiger partial charge in [0.25, 0.3) is 0 Å². The fourth-order valence-electron chi connectivity index (χ4n) is 2.17. The maximum Gasteiger partial charge on any atom is 0.119 e. The second-order valence-electron chi connectivity index (χ2n) is 5.74. The highest BCUT2D eigenvalue weighted by Crippen LogP contribution is 2.24. The minimum absolute atomic E-state index is 0.155. The molecule has 3 heteroatoms. The van der Waals surface area contributed by atoms with Crippen molar-refractivity contribution in [3.8, 4) is 5.75 Å². The van der Waals surface area contributed by atoms with E-state index >= 15 is 0 Å². The zero-order chi connectivity index (χ0) is 13.7. The molecule has 0 bridgehead atoms. The topological polar surface area (TPSA) is 41.5 Å². The number of nitrogens with one attached hydrogen (secondary N) is 1. The second-order valence-corrected chi connectivity index (χ2v) is 5.74. The summed E-state index contributed by atoms with van der Waals surface area (Å²) < 4.78 is 5.80. The number of aryl methyl sites for hydroxylation is 1. The Labute approximate surface area is 116 Å². The van der Waals surface area contributed by atoms with Crippen molar-refractivity contribution in [2.24, 2.45) is 0 Å². The van der Waals surface area contributed by atoms with Gasteiger partial charge in [0.2, 0.25) is 0 Å². The van der Waals surface area contributed by atoms with Crippen LogP contribution in [-0.2, 0) is 6.42 Å². The van der Waals surface area contributed by atoms with Crippen molar-refractivity contribution in [2.45, 2.75) is 51.1 Å². The van der Waals surface area contributed by atoms with Crippen molar-refractivity contribution in [1.82, 2.24) is 5.32 Å². The number of ether oxygens (including phenoxy) is 1. The largest absolute Gasteiger partial charge is 0.494 e. The van der Waals surface area contributed by atoms with Gasteiger partial charge in [-0.15, -0.1) is 0 Å². The molecule has 19 heavy (non-hydrogen) atoms. The fraction of sp³-hybridized carbons (Fsp3) is 0.625. The van der Waals surface area contributed by atoms with Crippen LogP contribution >= 0.6 is 0 Å². The van der Waals surface area contributed by atoms with E-state index in [-0.39, 0.29) is 12.1 Å². The van der Waals surface area contributed by atoms with Crippen LogP contribution in [0.25, 0.3) is 0 Å². The van der Waals surface area contributed by atoms with E-state index in [9.17, 15) is 5.11 Å². The molecule has 0 aromatic heterocycles. The van der Waals surface area contributed by atoms with Crippen molar-refractivity contribution < 1.29 is 9.84 Å². The first-order chi connectivity index (χ1) is 9.15. The Hall–Kier alpha value is -1.06. The highest BCUT2D eigenvalue weighted by Gasteiger charge is 2.31. The van der Waals surface area contributed by atoms with Crippen molar-refractivity contribution in [1.29, 1.82) is 0 Å². The van der Waals surface area contributed by atoms with Crippen LogP contribution < -0.4 is 10.1 Å². The summed E-state index contributed by atoms with van der Waals surface area (Å²) in [5.74, 6) is 0.922. The Morgan fingerprint density at radius 1 is 1.42 bits per heavy atom. The summed E-state index contributed by atoms with van der Waals surface area (Å²) in [6.45, 7) is 4.99. The average molecular weight is 263 g/mol. The number of aliphatic hydroxyl groups excluding tert-OH is 1. The van der Waals surface area contributed by atoms with Gasteiger partial charge in [-0.25, -0.2) is 0 Å². The minimum atomic E-state index is -0.219. The molecule has 1 aliphatic carbocycles. The number of hydrogen-bond donors (Lipinski definition) is 2. The highest BCUT2D eigenvalue weighted by molar-refractivity contribution is 5.28. The Kier molecular flexibility index (Phi) is 4.83. The molecule has 1 unspecified atom stereocenters. The van der Waals surface area contributed by atoms with E-state index < -0.39 is 0 Å². The maximum absolute atomic E-state index is 9.52. The quantitative estimate of drug-likeness (QED) is 0.757. The van der Waals surface area contributed by atoms with E-state index in [1.54, 1.807) is 0 Å². The molecule has 3 nitrogen and oxygen atoms in total. The third kappa shape index (κ3) is 4.51. The molecule has 1 aliphatic rings. The van der Waals surface area contributed by atoms with E-state index in [2.05, 4.69) is 31.3 Å². The SMILES string of the molecule is CCc1cccc(OCCC(C)(CO)NC2CC2)c1. The van der Waals surface area contributed by atoms with E-state index in [4.69, 9.17) is 4.74 Å². The molecule has 0 aliphatic heterocycles. The number of rotatable bonds is 8. The van der Waals surface area contributed by atoms with E-state index in [0.717, 1.165) is 18.6 Å². The van der Waals surface area contributed by atoms with Gasteiger partial charge in [0.15, 0.2) is 0 Å². The van der Waals surface area contributed by atoms with Crippen LogP contribution in [0.5, 0.6) is 5.75 Å². The smallest absolute Gasteiger partial charge is 0.119 e. The van der Waals surface area contributed by atoms with Gasteiger partial charge in [-0.05, 0) is 43.9 Å². The third-order valence-electron chi connectivity index (χ3n) is 3.71. The molecule has 2 N–H and O–H groups in total. The van der Waals surface area contributed by atoms with Gasteiger partial charge < -0.3 is 15.2 Å². The van der Waals surface area contributed by atoms with Crippen LogP contribution in [0.15, 0.2) is 24.3 Å². The van der Waals surface area contributed by atoms with E-state index in [1.165, 1.54) is 18.4 Å². The van der Waals surface area contributed by atoms with Crippen LogP contribution in [0, 0.1) is 0 Å². The first-order valence-corrected chi connectivity index (χ1v) is 7.25. The summed E-state index contributed by atoms with van der Waals surface area (Å²) in [6.07, 6.45) is 4.30. The number of benzene rings is 1. The molecule has 1 atom stereocenters. The lowest BCUT2D eigenvalue weighted by Crippen LogP contribution is -2.48. The normalized spacial score (nSPS) is 18.1. The molecule has 1 fully saturated rings. The Morgan fingerprint density at radius 2 is 2.21 bits per heavy atom. The van der Waals surface area contributed by atoms with Crippen LogP contribution in [-0.4, -0.2) is 29.9 Å². The number of hydrogen-bond acceptors (Lipinski definition) is 3. The predicted octanol–water partition coefficient (Wildman–Crippen LogP) is 2.52.